The van der Waals surface area contributed by atoms with Crippen molar-refractivity contribution in [2.45, 2.75) is 19.5 Å². The van der Waals surface area contributed by atoms with Gasteiger partial charge in [-0.15, -0.1) is 0 Å². The Morgan fingerprint density at radius 1 is 1.41 bits per heavy atom. The minimum atomic E-state index is -0.155. The topological polar surface area (TPSA) is 80.5 Å². The van der Waals surface area contributed by atoms with Crippen LogP contribution < -0.4 is 5.73 Å². The first-order valence-electron chi connectivity index (χ1n) is 5.33. The number of nitrogens with zero attached hydrogens (tertiary/aromatic N) is 4. The molecule has 1 atom stereocenters. The Bertz CT molecular complexity index is 533. The highest BCUT2D eigenvalue weighted by Crippen LogP contribution is 2.06. The number of nitrogens with two attached hydrogens (primary N) is 1. The summed E-state index contributed by atoms with van der Waals surface area (Å²) in [6.07, 6.45) is 1.66. The summed E-state index contributed by atoms with van der Waals surface area (Å²) in [6.45, 7) is 2.48. The lowest BCUT2D eigenvalue weighted by molar-refractivity contribution is 0.649. The molecule has 0 spiro atoms. The highest BCUT2D eigenvalue weighted by molar-refractivity contribution is 5.31. The molecule has 17 heavy (non-hydrogen) atoms. The van der Waals surface area contributed by atoms with Gasteiger partial charge in [-0.05, 0) is 24.6 Å². The van der Waals surface area contributed by atoms with Gasteiger partial charge in [-0.1, -0.05) is 12.1 Å². The smallest absolute Gasteiger partial charge is 0.166 e. The lowest BCUT2D eigenvalue weighted by Gasteiger charge is -2.01. The van der Waals surface area contributed by atoms with Crippen LogP contribution in [0, 0.1) is 11.3 Å². The fraction of sp³-hybridized carbons (Fsp3) is 0.250. The second kappa shape index (κ2) is 4.76. The van der Waals surface area contributed by atoms with Crippen molar-refractivity contribution in [3.05, 3.63) is 47.5 Å². The SMILES string of the molecule is CC(N)c1ncn(Cc2ccc(C#N)cc2)n1. The fourth-order valence-electron chi connectivity index (χ4n) is 1.47. The average molecular weight is 227 g/mol. The molecule has 1 unspecified atom stereocenters. The van der Waals surface area contributed by atoms with Gasteiger partial charge in [0.25, 0.3) is 0 Å². The first-order chi connectivity index (χ1) is 8.19. The molecule has 1 aromatic carbocycles. The molecule has 0 aliphatic heterocycles. The molecule has 2 rings (SSSR count). The van der Waals surface area contributed by atoms with Gasteiger partial charge >= 0.3 is 0 Å². The molecule has 0 amide bonds. The Balaban J connectivity index is 2.11. The summed E-state index contributed by atoms with van der Waals surface area (Å²) in [5, 5.41) is 13.0. The van der Waals surface area contributed by atoms with Crippen LogP contribution in [0.15, 0.2) is 30.6 Å². The van der Waals surface area contributed by atoms with Crippen molar-refractivity contribution in [1.29, 1.82) is 5.26 Å². The molecule has 2 N–H and O–H groups in total. The van der Waals surface area contributed by atoms with Crippen LogP contribution >= 0.6 is 0 Å². The van der Waals surface area contributed by atoms with Gasteiger partial charge in [0.15, 0.2) is 5.82 Å². The second-order valence-electron chi connectivity index (χ2n) is 3.90. The Morgan fingerprint density at radius 3 is 2.65 bits per heavy atom. The van der Waals surface area contributed by atoms with Gasteiger partial charge in [-0.2, -0.15) is 10.4 Å². The predicted octanol–water partition coefficient (Wildman–Crippen LogP) is 1.22. The molecule has 5 heteroatoms. The molecule has 0 saturated carbocycles. The lowest BCUT2D eigenvalue weighted by atomic mass is 10.1. The molecule has 0 fully saturated rings. The zero-order valence-electron chi connectivity index (χ0n) is 9.54. The van der Waals surface area contributed by atoms with Gasteiger partial charge < -0.3 is 5.73 Å². The monoisotopic (exact) mass is 227 g/mol. The lowest BCUT2D eigenvalue weighted by Crippen LogP contribution is -2.08. The third-order valence-corrected chi connectivity index (χ3v) is 2.39. The number of rotatable bonds is 3. The van der Waals surface area contributed by atoms with Crippen molar-refractivity contribution in [3.8, 4) is 6.07 Å². The zero-order valence-corrected chi connectivity index (χ0v) is 9.54. The van der Waals surface area contributed by atoms with E-state index in [2.05, 4.69) is 16.2 Å². The summed E-state index contributed by atoms with van der Waals surface area (Å²) in [4.78, 5) is 4.12. The summed E-state index contributed by atoms with van der Waals surface area (Å²) in [5.41, 5.74) is 7.41. The number of benzene rings is 1. The first kappa shape index (κ1) is 11.3. The van der Waals surface area contributed by atoms with Gasteiger partial charge in [0.1, 0.15) is 6.33 Å². The highest BCUT2D eigenvalue weighted by atomic mass is 15.3. The van der Waals surface area contributed by atoms with Crippen LogP contribution in [0.25, 0.3) is 0 Å². The van der Waals surface area contributed by atoms with E-state index in [0.717, 1.165) is 5.56 Å². The number of hydrogen-bond acceptors (Lipinski definition) is 4. The van der Waals surface area contributed by atoms with Crippen molar-refractivity contribution >= 4 is 0 Å². The number of aromatic nitrogens is 3. The maximum absolute atomic E-state index is 8.69. The first-order valence-corrected chi connectivity index (χ1v) is 5.33. The molecule has 0 aliphatic rings. The maximum atomic E-state index is 8.69. The molecule has 86 valence electrons. The maximum Gasteiger partial charge on any atom is 0.166 e. The summed E-state index contributed by atoms with van der Waals surface area (Å²) < 4.78 is 1.74. The molecule has 2 aromatic rings. The normalized spacial score (nSPS) is 12.1. The van der Waals surface area contributed by atoms with Gasteiger partial charge in [0.2, 0.25) is 0 Å². The molecule has 0 aliphatic carbocycles. The molecule has 0 bridgehead atoms. The summed E-state index contributed by atoms with van der Waals surface area (Å²) in [5.74, 6) is 0.638. The standard InChI is InChI=1S/C12H13N5/c1-9(14)12-15-8-17(16-12)7-11-4-2-10(6-13)3-5-11/h2-5,8-9H,7,14H2,1H3. The van der Waals surface area contributed by atoms with Crippen molar-refractivity contribution in [3.63, 3.8) is 0 Å². The molecule has 1 heterocycles. The Morgan fingerprint density at radius 2 is 2.12 bits per heavy atom. The number of nitriles is 1. The summed E-state index contributed by atoms with van der Waals surface area (Å²) in [7, 11) is 0. The van der Waals surface area contributed by atoms with E-state index in [9.17, 15) is 0 Å². The van der Waals surface area contributed by atoms with Crippen molar-refractivity contribution in [2.24, 2.45) is 5.73 Å². The van der Waals surface area contributed by atoms with E-state index in [1.807, 2.05) is 19.1 Å². The van der Waals surface area contributed by atoms with Crippen LogP contribution in [-0.4, -0.2) is 14.8 Å². The summed E-state index contributed by atoms with van der Waals surface area (Å²) >= 11 is 0. The molecule has 0 radical (unpaired) electrons. The van der Waals surface area contributed by atoms with E-state index in [1.54, 1.807) is 23.1 Å². The second-order valence-corrected chi connectivity index (χ2v) is 3.90. The Hall–Kier alpha value is -2.19. The van der Waals surface area contributed by atoms with E-state index in [1.165, 1.54) is 0 Å². The minimum absolute atomic E-state index is 0.155. The molecule has 5 nitrogen and oxygen atoms in total. The van der Waals surface area contributed by atoms with E-state index >= 15 is 0 Å². The molecular weight excluding hydrogens is 214 g/mol. The van der Waals surface area contributed by atoms with Crippen LogP contribution in [0.1, 0.15) is 29.9 Å². The van der Waals surface area contributed by atoms with E-state index in [0.29, 0.717) is 17.9 Å². The Labute approximate surface area is 99.5 Å². The molecule has 1 aromatic heterocycles. The van der Waals surface area contributed by atoms with Crippen molar-refractivity contribution in [2.75, 3.05) is 0 Å². The highest BCUT2D eigenvalue weighted by Gasteiger charge is 2.05. The van der Waals surface area contributed by atoms with E-state index in [4.69, 9.17) is 11.0 Å². The average Bonchev–Trinajstić information content (AvgIpc) is 2.79. The zero-order chi connectivity index (χ0) is 12.3. The molecule has 0 saturated heterocycles. The van der Waals surface area contributed by atoms with Gasteiger partial charge in [-0.25, -0.2) is 9.67 Å². The Kier molecular flexibility index (Phi) is 3.17. The van der Waals surface area contributed by atoms with Gasteiger partial charge in [0, 0.05) is 0 Å². The van der Waals surface area contributed by atoms with Crippen molar-refractivity contribution in [1.82, 2.24) is 14.8 Å². The third-order valence-electron chi connectivity index (χ3n) is 2.39. The fourth-order valence-corrected chi connectivity index (χ4v) is 1.47. The van der Waals surface area contributed by atoms with Crippen LogP contribution in [0.3, 0.4) is 0 Å². The van der Waals surface area contributed by atoms with Crippen LogP contribution in [0.5, 0.6) is 0 Å². The van der Waals surface area contributed by atoms with Crippen LogP contribution in [-0.2, 0) is 6.54 Å². The van der Waals surface area contributed by atoms with Crippen molar-refractivity contribution < 1.29 is 0 Å². The minimum Gasteiger partial charge on any atom is -0.321 e. The van der Waals surface area contributed by atoms with Gasteiger partial charge in [0.05, 0.1) is 24.2 Å². The van der Waals surface area contributed by atoms with Crippen LogP contribution in [0.4, 0.5) is 0 Å². The summed E-state index contributed by atoms with van der Waals surface area (Å²) in [6, 6.07) is 9.33. The van der Waals surface area contributed by atoms with E-state index in [-0.39, 0.29) is 6.04 Å². The van der Waals surface area contributed by atoms with Crippen LogP contribution in [0.2, 0.25) is 0 Å². The largest absolute Gasteiger partial charge is 0.321 e. The van der Waals surface area contributed by atoms with Gasteiger partial charge in [-0.3, -0.25) is 0 Å². The number of hydrogen-bond donors (Lipinski definition) is 1. The van der Waals surface area contributed by atoms with E-state index < -0.39 is 0 Å². The predicted molar refractivity (Wildman–Crippen MR) is 62.9 cm³/mol. The third kappa shape index (κ3) is 2.68. The quantitative estimate of drug-likeness (QED) is 0.854. The molecular formula is C12H13N5.